The van der Waals surface area contributed by atoms with Crippen molar-refractivity contribution in [3.05, 3.63) is 33.8 Å². The predicted octanol–water partition coefficient (Wildman–Crippen LogP) is 3.52. The molecule has 1 atom stereocenters. The SMILES string of the molecule is CN(Cc1ccc(Cl)c(Cl)c1)C(=O)[C@@H]1CCCCN1.Cl. The molecule has 1 N–H and O–H groups in total. The number of piperidine rings is 1. The summed E-state index contributed by atoms with van der Waals surface area (Å²) in [4.78, 5) is 14.0. The first-order chi connectivity index (χ1) is 9.08. The molecule has 0 bridgehead atoms. The molecule has 20 heavy (non-hydrogen) atoms. The molecule has 0 aliphatic carbocycles. The van der Waals surface area contributed by atoms with Gasteiger partial charge in [0.2, 0.25) is 5.91 Å². The van der Waals surface area contributed by atoms with E-state index >= 15 is 0 Å². The maximum Gasteiger partial charge on any atom is 0.239 e. The molecular weight excluding hydrogens is 319 g/mol. The number of nitrogens with zero attached hydrogens (tertiary/aromatic N) is 1. The quantitative estimate of drug-likeness (QED) is 0.915. The molecule has 6 heteroatoms. The van der Waals surface area contributed by atoms with Gasteiger partial charge in [-0.2, -0.15) is 0 Å². The fraction of sp³-hybridized carbons (Fsp3) is 0.500. The lowest BCUT2D eigenvalue weighted by Gasteiger charge is -2.27. The standard InChI is InChI=1S/C14H18Cl2N2O.ClH/c1-18(14(19)13-4-2-3-7-17-13)9-10-5-6-11(15)12(16)8-10;/h5-6,8,13,17H,2-4,7,9H2,1H3;1H/t13-;/m0./s1. The van der Waals surface area contributed by atoms with Crippen LogP contribution in [-0.4, -0.2) is 30.4 Å². The van der Waals surface area contributed by atoms with Crippen LogP contribution in [0.5, 0.6) is 0 Å². The van der Waals surface area contributed by atoms with E-state index in [0.29, 0.717) is 16.6 Å². The summed E-state index contributed by atoms with van der Waals surface area (Å²) in [6, 6.07) is 5.42. The predicted molar refractivity (Wildman–Crippen MR) is 85.8 cm³/mol. The first-order valence-corrected chi connectivity index (χ1v) is 7.26. The van der Waals surface area contributed by atoms with E-state index < -0.39 is 0 Å². The Hall–Kier alpha value is -0.480. The second kappa shape index (κ2) is 8.08. The van der Waals surface area contributed by atoms with Crippen LogP contribution in [-0.2, 0) is 11.3 Å². The third kappa shape index (κ3) is 4.52. The van der Waals surface area contributed by atoms with Gasteiger partial charge >= 0.3 is 0 Å². The Morgan fingerprint density at radius 3 is 2.70 bits per heavy atom. The third-order valence-corrected chi connectivity index (χ3v) is 4.13. The summed E-state index contributed by atoms with van der Waals surface area (Å²) in [7, 11) is 1.82. The van der Waals surface area contributed by atoms with E-state index in [1.807, 2.05) is 19.2 Å². The van der Waals surface area contributed by atoms with Gasteiger partial charge in [0.25, 0.3) is 0 Å². The van der Waals surface area contributed by atoms with E-state index in [-0.39, 0.29) is 24.4 Å². The van der Waals surface area contributed by atoms with Crippen molar-refractivity contribution in [1.82, 2.24) is 10.2 Å². The second-order valence-corrected chi connectivity index (χ2v) is 5.76. The summed E-state index contributed by atoms with van der Waals surface area (Å²) in [6.45, 7) is 1.48. The number of halogens is 3. The summed E-state index contributed by atoms with van der Waals surface area (Å²) >= 11 is 11.9. The molecule has 1 aliphatic rings. The molecule has 1 fully saturated rings. The molecule has 0 spiro atoms. The molecular formula is C14H19Cl3N2O. The fourth-order valence-corrected chi connectivity index (χ4v) is 2.64. The lowest BCUT2D eigenvalue weighted by Crippen LogP contribution is -2.46. The molecule has 0 radical (unpaired) electrons. The zero-order chi connectivity index (χ0) is 13.8. The van der Waals surface area contributed by atoms with Crippen LogP contribution in [0, 0.1) is 0 Å². The number of rotatable bonds is 3. The molecule has 0 unspecified atom stereocenters. The van der Waals surface area contributed by atoms with Crippen molar-refractivity contribution in [2.75, 3.05) is 13.6 Å². The highest BCUT2D eigenvalue weighted by Crippen LogP contribution is 2.23. The number of benzene rings is 1. The fourth-order valence-electron chi connectivity index (χ4n) is 2.32. The van der Waals surface area contributed by atoms with Gasteiger partial charge in [0.15, 0.2) is 0 Å². The topological polar surface area (TPSA) is 32.3 Å². The molecule has 2 rings (SSSR count). The van der Waals surface area contributed by atoms with Crippen molar-refractivity contribution >= 4 is 41.5 Å². The molecule has 112 valence electrons. The molecule has 3 nitrogen and oxygen atoms in total. The van der Waals surface area contributed by atoms with Crippen LogP contribution in [0.3, 0.4) is 0 Å². The molecule has 1 aliphatic heterocycles. The number of carbonyl (C=O) groups is 1. The number of likely N-dealkylation sites (N-methyl/N-ethyl adjacent to an activating group) is 1. The first-order valence-electron chi connectivity index (χ1n) is 6.50. The lowest BCUT2D eigenvalue weighted by atomic mass is 10.0. The highest BCUT2D eigenvalue weighted by Gasteiger charge is 2.23. The molecule has 0 aromatic heterocycles. The van der Waals surface area contributed by atoms with Gasteiger partial charge in [-0.25, -0.2) is 0 Å². The zero-order valence-electron chi connectivity index (χ0n) is 11.4. The Kier molecular flexibility index (Phi) is 7.10. The molecule has 1 aromatic rings. The van der Waals surface area contributed by atoms with E-state index in [4.69, 9.17) is 23.2 Å². The van der Waals surface area contributed by atoms with Gasteiger partial charge in [0.05, 0.1) is 16.1 Å². The van der Waals surface area contributed by atoms with Crippen LogP contribution >= 0.6 is 35.6 Å². The van der Waals surface area contributed by atoms with Crippen molar-refractivity contribution in [2.45, 2.75) is 31.8 Å². The van der Waals surface area contributed by atoms with Gasteiger partial charge in [-0.05, 0) is 37.1 Å². The van der Waals surface area contributed by atoms with Gasteiger partial charge in [0.1, 0.15) is 0 Å². The summed E-state index contributed by atoms with van der Waals surface area (Å²) < 4.78 is 0. The number of nitrogens with one attached hydrogen (secondary N) is 1. The van der Waals surface area contributed by atoms with Crippen LogP contribution < -0.4 is 5.32 Å². The van der Waals surface area contributed by atoms with Gasteiger partial charge < -0.3 is 10.2 Å². The molecule has 1 aromatic carbocycles. The Bertz CT molecular complexity index is 462. The minimum atomic E-state index is -0.0403. The van der Waals surface area contributed by atoms with Crippen molar-refractivity contribution in [3.63, 3.8) is 0 Å². The highest BCUT2D eigenvalue weighted by molar-refractivity contribution is 6.42. The third-order valence-electron chi connectivity index (χ3n) is 3.39. The average molecular weight is 338 g/mol. The number of hydrogen-bond donors (Lipinski definition) is 1. The smallest absolute Gasteiger partial charge is 0.239 e. The van der Waals surface area contributed by atoms with E-state index in [9.17, 15) is 4.79 Å². The Morgan fingerprint density at radius 2 is 2.10 bits per heavy atom. The zero-order valence-corrected chi connectivity index (χ0v) is 13.7. The summed E-state index contributed by atoms with van der Waals surface area (Å²) in [6.07, 6.45) is 3.19. The van der Waals surface area contributed by atoms with Crippen molar-refractivity contribution in [2.24, 2.45) is 0 Å². The maximum atomic E-state index is 12.3. The van der Waals surface area contributed by atoms with E-state index in [1.54, 1.807) is 11.0 Å². The van der Waals surface area contributed by atoms with Gasteiger partial charge in [-0.3, -0.25) is 4.79 Å². The lowest BCUT2D eigenvalue weighted by molar-refractivity contribution is -0.133. The molecule has 1 saturated heterocycles. The van der Waals surface area contributed by atoms with Crippen LogP contribution in [0.25, 0.3) is 0 Å². The van der Waals surface area contributed by atoms with Crippen molar-refractivity contribution < 1.29 is 4.79 Å². The van der Waals surface area contributed by atoms with Crippen molar-refractivity contribution in [1.29, 1.82) is 0 Å². The van der Waals surface area contributed by atoms with Crippen LogP contribution in [0.4, 0.5) is 0 Å². The Balaban J connectivity index is 0.00000200. The van der Waals surface area contributed by atoms with E-state index in [1.165, 1.54) is 0 Å². The Morgan fingerprint density at radius 1 is 1.35 bits per heavy atom. The number of carbonyl (C=O) groups excluding carboxylic acids is 1. The highest BCUT2D eigenvalue weighted by atomic mass is 35.5. The van der Waals surface area contributed by atoms with Gasteiger partial charge in [0, 0.05) is 13.6 Å². The summed E-state index contributed by atoms with van der Waals surface area (Å²) in [5.74, 6) is 0.144. The average Bonchev–Trinajstić information content (AvgIpc) is 2.43. The molecule has 0 saturated carbocycles. The number of amides is 1. The van der Waals surface area contributed by atoms with Gasteiger partial charge in [-0.15, -0.1) is 12.4 Å². The normalized spacial score (nSPS) is 18.2. The second-order valence-electron chi connectivity index (χ2n) is 4.95. The number of hydrogen-bond acceptors (Lipinski definition) is 2. The van der Waals surface area contributed by atoms with Crippen LogP contribution in [0.1, 0.15) is 24.8 Å². The monoisotopic (exact) mass is 336 g/mol. The summed E-state index contributed by atoms with van der Waals surface area (Å²) in [5, 5.41) is 4.33. The molecule has 1 heterocycles. The largest absolute Gasteiger partial charge is 0.340 e. The molecule has 1 amide bonds. The van der Waals surface area contributed by atoms with Crippen LogP contribution in [0.15, 0.2) is 18.2 Å². The minimum Gasteiger partial charge on any atom is -0.340 e. The van der Waals surface area contributed by atoms with Crippen molar-refractivity contribution in [3.8, 4) is 0 Å². The maximum absolute atomic E-state index is 12.3. The van der Waals surface area contributed by atoms with E-state index in [0.717, 1.165) is 31.4 Å². The first kappa shape index (κ1) is 17.6. The Labute approximate surface area is 136 Å². The van der Waals surface area contributed by atoms with E-state index in [2.05, 4.69) is 5.32 Å². The minimum absolute atomic E-state index is 0. The van der Waals surface area contributed by atoms with Gasteiger partial charge in [-0.1, -0.05) is 35.7 Å². The van der Waals surface area contributed by atoms with Crippen LogP contribution in [0.2, 0.25) is 10.0 Å². The summed E-state index contributed by atoms with van der Waals surface area (Å²) in [5.41, 5.74) is 0.987.